The number of piperazine rings is 1. The minimum absolute atomic E-state index is 0.675. The predicted molar refractivity (Wildman–Crippen MR) is 107 cm³/mol. The Hall–Kier alpha value is -2.13. The molecule has 2 aliphatic heterocycles. The average molecular weight is 366 g/mol. The first-order valence-corrected chi connectivity index (χ1v) is 10.7. The average Bonchev–Trinajstić information content (AvgIpc) is 2.69. The van der Waals surface area contributed by atoms with E-state index in [1.807, 2.05) is 72.3 Å². The molecule has 1 fully saturated rings. The molecule has 0 radical (unpaired) electrons. The number of ether oxygens (including phenoxy) is 1. The molecule has 0 saturated carbocycles. The molecule has 0 bridgehead atoms. The van der Waals surface area contributed by atoms with E-state index < -0.39 is 7.29 Å². The van der Waals surface area contributed by atoms with Crippen LogP contribution in [0, 0.1) is 0 Å². The zero-order valence-electron chi connectivity index (χ0n) is 14.9. The van der Waals surface area contributed by atoms with Gasteiger partial charge in [-0.2, -0.15) is 0 Å². The van der Waals surface area contributed by atoms with E-state index in [2.05, 4.69) is 16.6 Å². The first-order valence-electron chi connectivity index (χ1n) is 8.92. The van der Waals surface area contributed by atoms with Gasteiger partial charge in [0.15, 0.2) is 0 Å². The van der Waals surface area contributed by atoms with Gasteiger partial charge >= 0.3 is 0 Å². The van der Waals surface area contributed by atoms with E-state index >= 15 is 0 Å². The fraction of sp³-hybridized carbons (Fsp3) is 0.238. The molecular formula is C21H23N2O2P. The normalized spacial score (nSPS) is 20.8. The van der Waals surface area contributed by atoms with Gasteiger partial charge in [-0.1, -0.05) is 60.7 Å². The molecule has 1 saturated heterocycles. The second-order valence-electron chi connectivity index (χ2n) is 6.75. The van der Waals surface area contributed by atoms with Gasteiger partial charge in [-0.25, -0.2) is 4.67 Å². The second-order valence-corrected chi connectivity index (χ2v) is 9.18. The van der Waals surface area contributed by atoms with E-state index in [0.29, 0.717) is 11.5 Å². The molecule has 134 valence electrons. The number of hydrogen-bond acceptors (Lipinski definition) is 3. The number of nitrogens with zero attached hydrogens (tertiary/aromatic N) is 2. The molecule has 2 aliphatic rings. The summed E-state index contributed by atoms with van der Waals surface area (Å²) in [7, 11) is -0.696. The summed E-state index contributed by atoms with van der Waals surface area (Å²) in [6.07, 6.45) is 0. The summed E-state index contributed by atoms with van der Waals surface area (Å²) in [5.41, 5.74) is 1.90. The highest BCUT2D eigenvalue weighted by atomic mass is 31.2. The minimum atomic E-state index is -2.80. The molecular weight excluding hydrogens is 343 g/mol. The molecule has 26 heavy (non-hydrogen) atoms. The molecule has 2 heterocycles. The predicted octanol–water partition coefficient (Wildman–Crippen LogP) is 4.54. The molecule has 0 N–H and O–H groups in total. The Morgan fingerprint density at radius 3 is 1.69 bits per heavy atom. The zero-order valence-corrected chi connectivity index (χ0v) is 15.8. The van der Waals surface area contributed by atoms with Gasteiger partial charge in [-0.05, 0) is 7.05 Å². The van der Waals surface area contributed by atoms with Crippen LogP contribution >= 0.6 is 7.29 Å². The van der Waals surface area contributed by atoms with Gasteiger partial charge in [0.1, 0.15) is 11.5 Å². The maximum Gasteiger partial charge on any atom is 0.200 e. The highest BCUT2D eigenvalue weighted by Crippen LogP contribution is 2.59. The van der Waals surface area contributed by atoms with E-state index in [9.17, 15) is 4.57 Å². The Kier molecular flexibility index (Phi) is 4.82. The van der Waals surface area contributed by atoms with Gasteiger partial charge in [-0.15, -0.1) is 0 Å². The quantitative estimate of drug-likeness (QED) is 0.747. The van der Waals surface area contributed by atoms with E-state index in [0.717, 1.165) is 37.3 Å². The van der Waals surface area contributed by atoms with E-state index in [4.69, 9.17) is 4.74 Å². The van der Waals surface area contributed by atoms with Crippen molar-refractivity contribution in [1.29, 1.82) is 0 Å². The van der Waals surface area contributed by atoms with Crippen LogP contribution in [0.25, 0.3) is 11.5 Å². The number of rotatable bonds is 3. The lowest BCUT2D eigenvalue weighted by molar-refractivity contribution is 0.223. The lowest BCUT2D eigenvalue weighted by Gasteiger charge is -2.37. The first-order chi connectivity index (χ1) is 12.6. The van der Waals surface area contributed by atoms with E-state index in [-0.39, 0.29) is 0 Å². The van der Waals surface area contributed by atoms with Crippen LogP contribution < -0.4 is 0 Å². The van der Waals surface area contributed by atoms with Crippen LogP contribution in [0.15, 0.2) is 72.3 Å². The van der Waals surface area contributed by atoms with Gasteiger partial charge < -0.3 is 9.64 Å². The third-order valence-corrected chi connectivity index (χ3v) is 7.36. The van der Waals surface area contributed by atoms with Crippen LogP contribution in [0.2, 0.25) is 0 Å². The Bertz CT molecular complexity index is 810. The van der Waals surface area contributed by atoms with E-state index in [1.54, 1.807) is 0 Å². The van der Waals surface area contributed by atoms with Gasteiger partial charge in [-0.3, -0.25) is 4.57 Å². The van der Waals surface area contributed by atoms with Crippen molar-refractivity contribution in [2.24, 2.45) is 0 Å². The third-order valence-electron chi connectivity index (χ3n) is 4.86. The number of hydrogen-bond donors (Lipinski definition) is 0. The standard InChI is InChI=1S/C21H23N2O2P/c1-22-12-14-23(15-13-22)26(24)16-20(18-8-4-2-5-9-18)25-21(17-26)19-10-6-3-7-11-19/h2-11,16-17H,12-15H2,1H3. The molecule has 0 aromatic heterocycles. The molecule has 0 spiro atoms. The molecule has 4 nitrogen and oxygen atoms in total. The van der Waals surface area contributed by atoms with Crippen LogP contribution in [0.4, 0.5) is 0 Å². The summed E-state index contributed by atoms with van der Waals surface area (Å²) in [5, 5.41) is 0. The van der Waals surface area contributed by atoms with Crippen LogP contribution in [-0.4, -0.2) is 42.8 Å². The summed E-state index contributed by atoms with van der Waals surface area (Å²) in [4.78, 5) is 2.27. The molecule has 4 rings (SSSR count). The topological polar surface area (TPSA) is 32.8 Å². The lowest BCUT2D eigenvalue weighted by Crippen LogP contribution is -2.42. The Labute approximate surface area is 154 Å². The molecule has 0 amide bonds. The highest BCUT2D eigenvalue weighted by molar-refractivity contribution is 7.68. The third kappa shape index (κ3) is 3.54. The summed E-state index contributed by atoms with van der Waals surface area (Å²) in [5.74, 6) is 5.02. The smallest absolute Gasteiger partial charge is 0.200 e. The maximum atomic E-state index is 13.9. The summed E-state index contributed by atoms with van der Waals surface area (Å²) >= 11 is 0. The Balaban J connectivity index is 1.75. The van der Waals surface area contributed by atoms with Crippen molar-refractivity contribution in [3.05, 3.63) is 83.4 Å². The first kappa shape index (κ1) is 17.3. The Morgan fingerprint density at radius 1 is 0.769 bits per heavy atom. The van der Waals surface area contributed by atoms with Crippen molar-refractivity contribution in [3.63, 3.8) is 0 Å². The van der Waals surface area contributed by atoms with Crippen LogP contribution in [0.5, 0.6) is 0 Å². The molecule has 2 aromatic carbocycles. The largest absolute Gasteiger partial charge is 0.456 e. The molecule has 5 heteroatoms. The van der Waals surface area contributed by atoms with Crippen LogP contribution in [-0.2, 0) is 9.30 Å². The number of benzene rings is 2. The molecule has 2 aromatic rings. The maximum absolute atomic E-state index is 13.9. The molecule has 0 unspecified atom stereocenters. The van der Waals surface area contributed by atoms with Crippen molar-refractivity contribution in [3.8, 4) is 0 Å². The molecule has 0 atom stereocenters. The van der Waals surface area contributed by atoms with E-state index in [1.165, 1.54) is 0 Å². The van der Waals surface area contributed by atoms with Gasteiger partial charge in [0, 0.05) is 48.9 Å². The SMILES string of the molecule is CN1CCN(P2(=O)C=C(c3ccccc3)OC(c3ccccc3)=C2)CC1. The van der Waals surface area contributed by atoms with Crippen LogP contribution in [0.3, 0.4) is 0 Å². The van der Waals surface area contributed by atoms with Crippen molar-refractivity contribution in [2.75, 3.05) is 33.2 Å². The minimum Gasteiger partial charge on any atom is -0.456 e. The van der Waals surface area contributed by atoms with Gasteiger partial charge in [0.25, 0.3) is 0 Å². The lowest BCUT2D eigenvalue weighted by atomic mass is 10.2. The van der Waals surface area contributed by atoms with Gasteiger partial charge in [0.05, 0.1) is 0 Å². The van der Waals surface area contributed by atoms with Crippen molar-refractivity contribution in [2.45, 2.75) is 0 Å². The number of likely N-dealkylation sites (N-methyl/N-ethyl adjacent to an activating group) is 1. The zero-order chi connectivity index (χ0) is 18.0. The molecule has 0 aliphatic carbocycles. The fourth-order valence-corrected chi connectivity index (χ4v) is 5.57. The van der Waals surface area contributed by atoms with Crippen molar-refractivity contribution in [1.82, 2.24) is 9.57 Å². The highest BCUT2D eigenvalue weighted by Gasteiger charge is 2.34. The summed E-state index contributed by atoms with van der Waals surface area (Å²) in [6, 6.07) is 19.8. The summed E-state index contributed by atoms with van der Waals surface area (Å²) < 4.78 is 22.2. The second kappa shape index (κ2) is 7.24. The van der Waals surface area contributed by atoms with Crippen LogP contribution in [0.1, 0.15) is 11.1 Å². The van der Waals surface area contributed by atoms with Crippen molar-refractivity contribution >= 4 is 18.8 Å². The summed E-state index contributed by atoms with van der Waals surface area (Å²) in [6.45, 7) is 3.44. The Morgan fingerprint density at radius 2 is 1.23 bits per heavy atom. The van der Waals surface area contributed by atoms with Gasteiger partial charge in [0.2, 0.25) is 7.29 Å². The monoisotopic (exact) mass is 366 g/mol. The van der Waals surface area contributed by atoms with Crippen molar-refractivity contribution < 1.29 is 9.30 Å². The fourth-order valence-electron chi connectivity index (χ4n) is 3.29.